The molecule has 35 heavy (non-hydrogen) atoms. The monoisotopic (exact) mass is 486 g/mol. The van der Waals surface area contributed by atoms with E-state index in [-0.39, 0.29) is 23.0 Å². The smallest absolute Gasteiger partial charge is 0.215 e. The fourth-order valence-electron chi connectivity index (χ4n) is 6.17. The molecule has 1 spiro atoms. The van der Waals surface area contributed by atoms with Crippen LogP contribution in [0, 0.1) is 5.41 Å². The number of benzene rings is 2. The van der Waals surface area contributed by atoms with E-state index in [0.717, 1.165) is 44.2 Å². The molecule has 0 aliphatic heterocycles. The van der Waals surface area contributed by atoms with Crippen LogP contribution in [0.3, 0.4) is 0 Å². The molecule has 5 heteroatoms. The Bertz CT molecular complexity index is 1140. The number of aliphatic imine (C=N–C) groups is 1. The summed E-state index contributed by atoms with van der Waals surface area (Å²) in [6.07, 6.45) is 11.1. The molecule has 0 saturated heterocycles. The van der Waals surface area contributed by atoms with Crippen molar-refractivity contribution in [2.75, 3.05) is 5.75 Å². The Hall–Kier alpha value is -2.66. The van der Waals surface area contributed by atoms with Gasteiger partial charge in [-0.15, -0.1) is 0 Å². The summed E-state index contributed by atoms with van der Waals surface area (Å²) in [5.74, 6) is 0.321. The Morgan fingerprint density at radius 3 is 2.43 bits per heavy atom. The summed E-state index contributed by atoms with van der Waals surface area (Å²) in [4.78, 5) is 32.4. The average molecular weight is 487 g/mol. The van der Waals surface area contributed by atoms with Crippen LogP contribution in [0.5, 0.6) is 0 Å². The van der Waals surface area contributed by atoms with Crippen molar-refractivity contribution in [1.29, 1.82) is 0 Å². The number of amidine groups is 1. The van der Waals surface area contributed by atoms with Crippen LogP contribution < -0.4 is 0 Å². The summed E-state index contributed by atoms with van der Waals surface area (Å²) in [7, 11) is 0. The number of amides is 1. The van der Waals surface area contributed by atoms with E-state index in [1.165, 1.54) is 54.1 Å². The van der Waals surface area contributed by atoms with Crippen LogP contribution in [-0.4, -0.2) is 34.1 Å². The van der Waals surface area contributed by atoms with Gasteiger partial charge < -0.3 is 0 Å². The van der Waals surface area contributed by atoms with Gasteiger partial charge in [0.15, 0.2) is 11.0 Å². The molecule has 0 bridgehead atoms. The average Bonchev–Trinajstić information content (AvgIpc) is 3.59. The van der Waals surface area contributed by atoms with Crippen molar-refractivity contribution in [2.45, 2.75) is 70.8 Å². The van der Waals surface area contributed by atoms with E-state index in [2.05, 4.69) is 31.2 Å². The number of rotatable bonds is 6. The molecule has 0 N–H and O–H groups in total. The largest absolute Gasteiger partial charge is 0.293 e. The summed E-state index contributed by atoms with van der Waals surface area (Å²) >= 11 is 1.41. The van der Waals surface area contributed by atoms with E-state index in [1.54, 1.807) is 0 Å². The quantitative estimate of drug-likeness (QED) is 0.193. The van der Waals surface area contributed by atoms with Gasteiger partial charge in [0.05, 0.1) is 11.4 Å². The number of hydrogen-bond acceptors (Lipinski definition) is 4. The van der Waals surface area contributed by atoms with E-state index >= 15 is 0 Å². The molecule has 2 aromatic carbocycles. The van der Waals surface area contributed by atoms with Crippen molar-refractivity contribution in [1.82, 2.24) is 4.90 Å². The van der Waals surface area contributed by atoms with Gasteiger partial charge in [0.2, 0.25) is 6.41 Å². The normalized spacial score (nSPS) is 19.7. The van der Waals surface area contributed by atoms with Gasteiger partial charge in [-0.2, -0.15) is 0 Å². The number of allylic oxidation sites excluding steroid dienone is 1. The molecule has 0 unspecified atom stereocenters. The SMILES string of the molecule is CC1=C(/N=C(/SCC(=O)c2ccccc2)N(C=O)C2CCCC2)c2ccccc2CC12CCCC2. The van der Waals surface area contributed by atoms with E-state index in [4.69, 9.17) is 4.99 Å². The van der Waals surface area contributed by atoms with Crippen LogP contribution in [0.4, 0.5) is 0 Å². The Labute approximate surface area is 212 Å². The van der Waals surface area contributed by atoms with Crippen molar-refractivity contribution in [2.24, 2.45) is 10.4 Å². The molecule has 5 rings (SSSR count). The summed E-state index contributed by atoms with van der Waals surface area (Å²) in [5, 5.41) is 0.662. The van der Waals surface area contributed by atoms with Gasteiger partial charge in [-0.05, 0) is 55.6 Å². The zero-order valence-electron chi connectivity index (χ0n) is 20.5. The Morgan fingerprint density at radius 1 is 1.03 bits per heavy atom. The highest BCUT2D eigenvalue weighted by molar-refractivity contribution is 8.14. The third-order valence-electron chi connectivity index (χ3n) is 8.20. The minimum absolute atomic E-state index is 0.0579. The lowest BCUT2D eigenvalue weighted by atomic mass is 9.69. The molecule has 0 atom stereocenters. The van der Waals surface area contributed by atoms with Gasteiger partial charge in [-0.1, -0.05) is 92.0 Å². The van der Waals surface area contributed by atoms with Crippen LogP contribution in [0.25, 0.3) is 5.70 Å². The first-order valence-electron chi connectivity index (χ1n) is 12.9. The van der Waals surface area contributed by atoms with Crippen LogP contribution in [0.15, 0.2) is 65.2 Å². The molecule has 0 radical (unpaired) electrons. The van der Waals surface area contributed by atoms with E-state index in [9.17, 15) is 9.59 Å². The number of fused-ring (bicyclic) bond motifs is 1. The molecule has 2 aromatic rings. The van der Waals surface area contributed by atoms with Gasteiger partial charge >= 0.3 is 0 Å². The number of ketones is 1. The fourth-order valence-corrected chi connectivity index (χ4v) is 7.09. The lowest BCUT2D eigenvalue weighted by Gasteiger charge is -2.37. The predicted molar refractivity (Wildman–Crippen MR) is 144 cm³/mol. The second-order valence-corrected chi connectivity index (χ2v) is 11.2. The molecule has 4 nitrogen and oxygen atoms in total. The van der Waals surface area contributed by atoms with Crippen molar-refractivity contribution in [3.8, 4) is 0 Å². The summed E-state index contributed by atoms with van der Waals surface area (Å²) in [5.41, 5.74) is 5.74. The van der Waals surface area contributed by atoms with Crippen molar-refractivity contribution in [3.05, 3.63) is 76.9 Å². The van der Waals surface area contributed by atoms with Crippen LogP contribution >= 0.6 is 11.8 Å². The number of carbonyl (C=O) groups is 2. The number of Topliss-reactive ketones (excluding diaryl/α,β-unsaturated/α-hetero) is 1. The number of thioether (sulfide) groups is 1. The molecular weight excluding hydrogens is 452 g/mol. The van der Waals surface area contributed by atoms with Gasteiger partial charge in [-0.3, -0.25) is 14.5 Å². The van der Waals surface area contributed by atoms with Crippen molar-refractivity contribution < 1.29 is 9.59 Å². The number of carbonyl (C=O) groups excluding carboxylic acids is 2. The minimum atomic E-state index is 0.0579. The first-order valence-corrected chi connectivity index (χ1v) is 13.9. The van der Waals surface area contributed by atoms with Gasteiger partial charge in [-0.25, -0.2) is 4.99 Å². The third-order valence-corrected chi connectivity index (χ3v) is 9.17. The summed E-state index contributed by atoms with van der Waals surface area (Å²) in [6, 6.07) is 18.1. The Kier molecular flexibility index (Phi) is 7.24. The maximum Gasteiger partial charge on any atom is 0.215 e. The number of nitrogens with zero attached hydrogens (tertiary/aromatic N) is 2. The fraction of sp³-hybridized carbons (Fsp3) is 0.433. The highest BCUT2D eigenvalue weighted by Crippen LogP contribution is 2.52. The van der Waals surface area contributed by atoms with Crippen LogP contribution in [0.1, 0.15) is 79.8 Å². The zero-order valence-corrected chi connectivity index (χ0v) is 21.4. The molecule has 182 valence electrons. The molecule has 1 amide bonds. The van der Waals surface area contributed by atoms with Gasteiger partial charge in [0.1, 0.15) is 0 Å². The molecule has 3 aliphatic rings. The first kappa shape index (κ1) is 24.1. The second-order valence-electron chi connectivity index (χ2n) is 10.2. The topological polar surface area (TPSA) is 49.7 Å². The summed E-state index contributed by atoms with van der Waals surface area (Å²) < 4.78 is 0. The lowest BCUT2D eigenvalue weighted by Crippen LogP contribution is -2.37. The highest BCUT2D eigenvalue weighted by Gasteiger charge is 2.41. The zero-order chi connectivity index (χ0) is 24.3. The molecule has 2 fully saturated rings. The van der Waals surface area contributed by atoms with Crippen molar-refractivity contribution >= 4 is 34.8 Å². The van der Waals surface area contributed by atoms with Crippen molar-refractivity contribution in [3.63, 3.8) is 0 Å². The van der Waals surface area contributed by atoms with Gasteiger partial charge in [0.25, 0.3) is 0 Å². The highest BCUT2D eigenvalue weighted by atomic mass is 32.2. The maximum atomic E-state index is 12.9. The Morgan fingerprint density at radius 2 is 1.71 bits per heavy atom. The van der Waals surface area contributed by atoms with Crippen LogP contribution in [0.2, 0.25) is 0 Å². The standard InChI is InChI=1S/C30H34N2O2S/c1-22-28(26-16-8-5-13-24(26)19-30(22)17-9-10-18-30)31-29(32(21-33)25-14-6-7-15-25)35-20-27(34)23-11-3-2-4-12-23/h2-5,8,11-13,16,21,25H,6-7,9-10,14-15,17-20H2,1H3/b31-29+. The van der Waals surface area contributed by atoms with Crippen LogP contribution in [-0.2, 0) is 11.2 Å². The molecular formula is C30H34N2O2S. The molecule has 0 heterocycles. The maximum absolute atomic E-state index is 12.9. The lowest BCUT2D eigenvalue weighted by molar-refractivity contribution is -0.116. The summed E-state index contributed by atoms with van der Waals surface area (Å²) in [6.45, 7) is 2.25. The van der Waals surface area contributed by atoms with Gasteiger partial charge in [0, 0.05) is 17.2 Å². The second kappa shape index (κ2) is 10.5. The van der Waals surface area contributed by atoms with E-state index in [1.807, 2.05) is 35.2 Å². The minimum Gasteiger partial charge on any atom is -0.293 e. The first-order chi connectivity index (χ1) is 17.1. The van der Waals surface area contributed by atoms with E-state index < -0.39 is 0 Å². The number of hydrogen-bond donors (Lipinski definition) is 0. The third kappa shape index (κ3) is 4.88. The Balaban J connectivity index is 1.55. The molecule has 3 aliphatic carbocycles. The molecule has 2 saturated carbocycles. The molecule has 0 aromatic heterocycles. The van der Waals surface area contributed by atoms with E-state index in [0.29, 0.717) is 10.7 Å². The predicted octanol–water partition coefficient (Wildman–Crippen LogP) is 6.91.